The summed E-state index contributed by atoms with van der Waals surface area (Å²) in [4.78, 5) is 10.8. The molecule has 2 atom stereocenters. The molecule has 0 radical (unpaired) electrons. The smallest absolute Gasteiger partial charge is 0.311 e. The number of hydrogen-bond donors (Lipinski definition) is 0. The third kappa shape index (κ3) is 22.8. The Morgan fingerprint density at radius 3 is 1.87 bits per heavy atom. The molecule has 1 rings (SSSR count). The number of methoxy groups -OCH3 is 1. The Hall–Kier alpha value is 0.110. The van der Waals surface area contributed by atoms with Crippen molar-refractivity contribution in [1.29, 1.82) is 0 Å². The first kappa shape index (κ1) is 37.4. The van der Waals surface area contributed by atoms with E-state index in [1.807, 2.05) is 20.8 Å². The van der Waals surface area contributed by atoms with Gasteiger partial charge < -0.3 is 4.74 Å². The van der Waals surface area contributed by atoms with Crippen LogP contribution in [-0.2, 0) is 21.3 Å². The van der Waals surface area contributed by atoms with Crippen LogP contribution in [0.3, 0.4) is 0 Å². The van der Waals surface area contributed by atoms with Crippen molar-refractivity contribution in [3.63, 3.8) is 0 Å². The minimum Gasteiger partial charge on any atom is -0.469 e. The summed E-state index contributed by atoms with van der Waals surface area (Å²) in [5, 5.41) is 0. The predicted octanol–water partition coefficient (Wildman–Crippen LogP) is 9.35. The van der Waals surface area contributed by atoms with Crippen molar-refractivity contribution in [3.05, 3.63) is 47.5 Å². The molecule has 0 spiro atoms. The third-order valence-electron chi connectivity index (χ3n) is 4.71. The molecule has 0 N–H and O–H groups in total. The van der Waals surface area contributed by atoms with Crippen LogP contribution in [-0.4, -0.2) is 13.1 Å². The first-order valence-electron chi connectivity index (χ1n) is 10.4. The van der Waals surface area contributed by atoms with E-state index in [1.54, 1.807) is 0 Å². The Labute approximate surface area is 210 Å². The summed E-state index contributed by atoms with van der Waals surface area (Å²) < 4.78 is 4.57. The topological polar surface area (TPSA) is 26.3 Å². The molecule has 1 aromatic carbocycles. The summed E-state index contributed by atoms with van der Waals surface area (Å²) in [6.45, 7) is 19.1. The number of halogens is 1. The maximum Gasteiger partial charge on any atom is 0.311 e. The monoisotopic (exact) mass is 586 g/mol. The van der Waals surface area contributed by atoms with E-state index in [4.69, 9.17) is 0 Å². The molecule has 0 bridgehead atoms. The molecule has 0 saturated carbocycles. The van der Waals surface area contributed by atoms with Gasteiger partial charge >= 0.3 is 5.97 Å². The van der Waals surface area contributed by atoms with Gasteiger partial charge in [-0.2, -0.15) is 0 Å². The quantitative estimate of drug-likeness (QED) is 0.144. The second kappa shape index (κ2) is 27.1. The lowest BCUT2D eigenvalue weighted by Gasteiger charge is -2.17. The van der Waals surface area contributed by atoms with Crippen LogP contribution in [0.2, 0.25) is 0 Å². The Balaban J connectivity index is -0.000000158. The molecular weight excluding hydrogens is 541 g/mol. The zero-order chi connectivity index (χ0) is 24.6. The number of allylic oxidation sites excluding steroid dienone is 2. The van der Waals surface area contributed by atoms with Crippen molar-refractivity contribution < 1.29 is 9.53 Å². The maximum atomic E-state index is 10.8. The summed E-state index contributed by atoms with van der Waals surface area (Å²) in [6, 6.07) is 10.6. The van der Waals surface area contributed by atoms with E-state index in [1.165, 1.54) is 37.5 Å². The molecule has 0 amide bonds. The molecule has 0 saturated heterocycles. The summed E-state index contributed by atoms with van der Waals surface area (Å²) in [6.07, 6.45) is 6.69. The molecule has 0 aliphatic carbocycles. The van der Waals surface area contributed by atoms with Crippen LogP contribution in [0.15, 0.2) is 42.0 Å². The Morgan fingerprint density at radius 1 is 1.17 bits per heavy atom. The van der Waals surface area contributed by atoms with Crippen LogP contribution in [0.4, 0.5) is 0 Å². The largest absolute Gasteiger partial charge is 0.469 e. The number of ether oxygens (including phenoxy) is 1. The van der Waals surface area contributed by atoms with Crippen molar-refractivity contribution in [2.75, 3.05) is 7.11 Å². The van der Waals surface area contributed by atoms with Crippen molar-refractivity contribution in [2.24, 2.45) is 5.41 Å². The number of carbonyl (C=O) groups excluding carboxylic acids is 1. The lowest BCUT2D eigenvalue weighted by molar-refractivity contribution is -0.150. The van der Waals surface area contributed by atoms with Gasteiger partial charge in [-0.05, 0) is 66.0 Å². The van der Waals surface area contributed by atoms with E-state index in [2.05, 4.69) is 125 Å². The SMILES string of the molecule is CC/C=C(\C)CC.CCC(C)(C)C(=O)OC.CCC(C)c1ccccc1.P=S.PI. The van der Waals surface area contributed by atoms with Crippen LogP contribution in [0.25, 0.3) is 0 Å². The zero-order valence-electron chi connectivity index (χ0n) is 20.5. The van der Waals surface area contributed by atoms with Gasteiger partial charge in [0.05, 0.1) is 12.5 Å². The van der Waals surface area contributed by atoms with Crippen molar-refractivity contribution in [3.8, 4) is 0 Å². The first-order valence-corrected chi connectivity index (χ1v) is 16.2. The van der Waals surface area contributed by atoms with Crippen LogP contribution < -0.4 is 0 Å². The normalized spacial score (nSPS) is 10.8. The molecule has 176 valence electrons. The van der Waals surface area contributed by atoms with Crippen LogP contribution in [0, 0.1) is 5.41 Å². The molecule has 2 nitrogen and oxygen atoms in total. The fraction of sp³-hybridized carbons (Fsp3) is 0.625. The highest BCUT2D eigenvalue weighted by Gasteiger charge is 2.25. The van der Waals surface area contributed by atoms with Gasteiger partial charge in [-0.15, -0.1) is 0 Å². The summed E-state index contributed by atoms with van der Waals surface area (Å²) in [5.74, 6) is 0.575. The van der Waals surface area contributed by atoms with Gasteiger partial charge in [0, 0.05) is 0 Å². The van der Waals surface area contributed by atoms with E-state index >= 15 is 0 Å². The molecule has 6 heteroatoms. The zero-order valence-corrected chi connectivity index (χ0v) is 25.7. The number of benzene rings is 1. The first-order chi connectivity index (χ1) is 14.2. The average molecular weight is 587 g/mol. The number of hydrogen-bond acceptors (Lipinski definition) is 3. The van der Waals surface area contributed by atoms with Crippen molar-refractivity contribution >= 4 is 54.7 Å². The molecule has 0 aliphatic heterocycles. The molecular formula is C24H45IO2P2S. The van der Waals surface area contributed by atoms with Crippen molar-refractivity contribution in [2.45, 2.75) is 87.0 Å². The van der Waals surface area contributed by atoms with E-state index in [9.17, 15) is 4.79 Å². The molecule has 0 fully saturated rings. The Kier molecular flexibility index (Phi) is 33.9. The van der Waals surface area contributed by atoms with Gasteiger partial charge in [0.25, 0.3) is 0 Å². The van der Waals surface area contributed by atoms with Gasteiger partial charge in [-0.3, -0.25) is 4.79 Å². The molecule has 0 heterocycles. The Bertz CT molecular complexity index is 523. The van der Waals surface area contributed by atoms with Gasteiger partial charge in [-0.1, -0.05) is 117 Å². The van der Waals surface area contributed by atoms with Gasteiger partial charge in [0.2, 0.25) is 0 Å². The minimum atomic E-state index is -0.311. The predicted molar refractivity (Wildman–Crippen MR) is 155 cm³/mol. The van der Waals surface area contributed by atoms with Gasteiger partial charge in [0.15, 0.2) is 0 Å². The fourth-order valence-corrected chi connectivity index (χ4v) is 1.93. The summed E-state index contributed by atoms with van der Waals surface area (Å²) in [5.41, 5.74) is 2.64. The van der Waals surface area contributed by atoms with Crippen LogP contribution in [0.1, 0.15) is 92.6 Å². The standard InChI is InChI=1S/C10H14.C7H14O2.C7H14.H2IP.HPS/c1-3-9(2)10-7-5-4-6-8-10;1-5-7(2,3)6(8)9-4;1-4-6-7(3)5-2;2*1-2/h4-9H,3H2,1-2H3;5H2,1-4H3;6H,4-5H2,1-3H3;2H2;1H/b;;7-6+;;. The van der Waals surface area contributed by atoms with E-state index < -0.39 is 0 Å². The average Bonchev–Trinajstić information content (AvgIpc) is 2.82. The fourth-order valence-electron chi connectivity index (χ4n) is 1.93. The highest BCUT2D eigenvalue weighted by molar-refractivity contribution is 14.2. The van der Waals surface area contributed by atoms with E-state index in [0.29, 0.717) is 5.92 Å². The maximum absolute atomic E-state index is 10.8. The van der Waals surface area contributed by atoms with E-state index in [-0.39, 0.29) is 11.4 Å². The van der Waals surface area contributed by atoms with Gasteiger partial charge in [0.1, 0.15) is 0 Å². The van der Waals surface area contributed by atoms with E-state index in [0.717, 1.165) is 6.42 Å². The second-order valence-corrected chi connectivity index (χ2v) is 7.26. The third-order valence-corrected chi connectivity index (χ3v) is 4.71. The second-order valence-electron chi connectivity index (χ2n) is 7.26. The number of carbonyl (C=O) groups is 1. The number of rotatable bonds is 6. The summed E-state index contributed by atoms with van der Waals surface area (Å²) in [7, 11) is 3.97. The van der Waals surface area contributed by atoms with Gasteiger partial charge in [-0.25, -0.2) is 0 Å². The highest BCUT2D eigenvalue weighted by atomic mass is 127. The van der Waals surface area contributed by atoms with Crippen molar-refractivity contribution in [1.82, 2.24) is 0 Å². The lowest BCUT2D eigenvalue weighted by Crippen LogP contribution is -2.24. The number of esters is 1. The minimum absolute atomic E-state index is 0.134. The molecule has 0 aliphatic rings. The molecule has 2 unspecified atom stereocenters. The summed E-state index contributed by atoms with van der Waals surface area (Å²) >= 11 is 5.96. The highest BCUT2D eigenvalue weighted by Crippen LogP contribution is 2.20. The molecule has 30 heavy (non-hydrogen) atoms. The Morgan fingerprint density at radius 2 is 1.63 bits per heavy atom. The van der Waals surface area contributed by atoms with Crippen LogP contribution in [0.5, 0.6) is 0 Å². The lowest BCUT2D eigenvalue weighted by atomic mass is 9.91. The van der Waals surface area contributed by atoms with Crippen LogP contribution >= 0.6 is 36.9 Å². The molecule has 1 aromatic rings. The molecule has 0 aromatic heterocycles.